The molecule has 0 aromatic rings. The number of nitrogens with one attached hydrogen (secondary N) is 1. The van der Waals surface area contributed by atoms with Gasteiger partial charge in [-0.1, -0.05) is 44.1 Å². The van der Waals surface area contributed by atoms with Crippen molar-refractivity contribution in [3.63, 3.8) is 0 Å². The van der Waals surface area contributed by atoms with Crippen LogP contribution in [0.25, 0.3) is 0 Å². The molecule has 5 aliphatic heterocycles. The third kappa shape index (κ3) is 3.23. The second-order valence-corrected chi connectivity index (χ2v) is 19.0. The van der Waals surface area contributed by atoms with Crippen LogP contribution in [-0.4, -0.2) is 109 Å². The lowest BCUT2D eigenvalue weighted by atomic mass is 9.36. The molecule has 5 heterocycles. The Hall–Kier alpha value is -3.37. The Balaban J connectivity index is 1.33. The molecule has 0 radical (unpaired) electrons. The SMILES string of the molecule is CC1=C[C@@H]2/C=C(/C)CC[C@@H](O)[C@H]3O[C@]4(O)C(=O)C(O)=C(C)[C@]56[C@H]7O[C@H]([C@@H]3[C@@H]7C(=O)[C@]23C(=O)N[C@@H](CC(C)C)[C@@H]3[C@@H]1C)[C@@]54[C@]1(O)C(=O)C(C)=C2[C@@H](O)OC[C@@]26C1=O. The number of carbonyl (C=O) groups excluding carboxylic acids is 5. The van der Waals surface area contributed by atoms with Crippen molar-refractivity contribution in [3.8, 4) is 0 Å². The smallest absolute Gasteiger partial charge is 0.256 e. The molecule has 4 bridgehead atoms. The van der Waals surface area contributed by atoms with Gasteiger partial charge in [-0.2, -0.15) is 0 Å². The van der Waals surface area contributed by atoms with Gasteiger partial charge in [-0.25, -0.2) is 0 Å². The van der Waals surface area contributed by atoms with Gasteiger partial charge in [0.25, 0.3) is 5.78 Å². The maximum absolute atomic E-state index is 16.5. The molecule has 1 saturated carbocycles. The number of aliphatic hydroxyl groups is 5. The summed E-state index contributed by atoms with van der Waals surface area (Å²) in [6, 6.07) is -0.407. The molecule has 0 unspecified atom stereocenters. The van der Waals surface area contributed by atoms with Crippen LogP contribution >= 0.6 is 0 Å². The first-order chi connectivity index (χ1) is 26.2. The van der Waals surface area contributed by atoms with Crippen molar-refractivity contribution in [1.82, 2.24) is 5.32 Å². The van der Waals surface area contributed by atoms with E-state index in [1.807, 2.05) is 46.8 Å². The molecular formula is C42H49NO13. The van der Waals surface area contributed by atoms with Crippen LogP contribution in [-0.2, 0) is 38.2 Å². The van der Waals surface area contributed by atoms with E-state index in [2.05, 4.69) is 5.32 Å². The van der Waals surface area contributed by atoms with Crippen LogP contribution in [0.5, 0.6) is 0 Å². The predicted octanol–water partition coefficient (Wildman–Crippen LogP) is 1.05. The molecule has 14 nitrogen and oxygen atoms in total. The Morgan fingerprint density at radius 3 is 2.36 bits per heavy atom. The molecule has 5 saturated heterocycles. The number of amides is 1. The molecule has 0 aromatic heterocycles. The van der Waals surface area contributed by atoms with Gasteiger partial charge in [0, 0.05) is 34.9 Å². The van der Waals surface area contributed by atoms with Gasteiger partial charge in [-0.3, -0.25) is 24.0 Å². The largest absolute Gasteiger partial charge is 0.504 e. The summed E-state index contributed by atoms with van der Waals surface area (Å²) in [6.45, 7) is 11.9. The molecule has 0 aromatic carbocycles. The van der Waals surface area contributed by atoms with E-state index >= 15 is 14.4 Å². The minimum Gasteiger partial charge on any atom is -0.504 e. The number of allylic oxidation sites excluding steroid dienone is 4. The fourth-order valence-corrected chi connectivity index (χ4v) is 15.0. The maximum Gasteiger partial charge on any atom is 0.256 e. The van der Waals surface area contributed by atoms with Gasteiger partial charge in [-0.05, 0) is 64.4 Å². The molecule has 6 N–H and O–H groups in total. The summed E-state index contributed by atoms with van der Waals surface area (Å²) >= 11 is 0. The van der Waals surface area contributed by atoms with Gasteiger partial charge < -0.3 is 45.1 Å². The van der Waals surface area contributed by atoms with Crippen molar-refractivity contribution < 1.29 is 63.7 Å². The molecule has 3 spiro atoms. The highest BCUT2D eigenvalue weighted by molar-refractivity contribution is 6.28. The maximum atomic E-state index is 16.5. The summed E-state index contributed by atoms with van der Waals surface area (Å²) in [7, 11) is 0. The van der Waals surface area contributed by atoms with E-state index < -0.39 is 135 Å². The topological polar surface area (TPSA) is 226 Å². The van der Waals surface area contributed by atoms with Crippen molar-refractivity contribution in [2.45, 2.75) is 116 Å². The van der Waals surface area contributed by atoms with Crippen molar-refractivity contribution in [2.75, 3.05) is 6.61 Å². The van der Waals surface area contributed by atoms with E-state index in [4.69, 9.17) is 14.2 Å². The lowest BCUT2D eigenvalue weighted by Gasteiger charge is -2.67. The normalized spacial score (nSPS) is 54.7. The van der Waals surface area contributed by atoms with Gasteiger partial charge in [0.15, 0.2) is 29.4 Å². The van der Waals surface area contributed by atoms with Gasteiger partial charge in [0.1, 0.15) is 10.8 Å². The van der Waals surface area contributed by atoms with E-state index in [9.17, 15) is 35.1 Å². The first kappa shape index (κ1) is 36.9. The van der Waals surface area contributed by atoms with Crippen molar-refractivity contribution in [2.24, 2.45) is 57.2 Å². The van der Waals surface area contributed by atoms with E-state index in [0.717, 1.165) is 11.1 Å². The monoisotopic (exact) mass is 775 g/mol. The number of rotatable bonds is 2. The quantitative estimate of drug-likeness (QED) is 0.171. The molecule has 56 heavy (non-hydrogen) atoms. The Morgan fingerprint density at radius 1 is 0.982 bits per heavy atom. The Labute approximate surface area is 323 Å². The number of hydrogen-bond acceptors (Lipinski definition) is 13. The van der Waals surface area contributed by atoms with Gasteiger partial charge in [0.05, 0.1) is 47.8 Å². The highest BCUT2D eigenvalue weighted by Gasteiger charge is 3.05. The summed E-state index contributed by atoms with van der Waals surface area (Å²) in [5, 5.41) is 64.9. The van der Waals surface area contributed by atoms with Crippen LogP contribution in [0.15, 0.2) is 45.8 Å². The standard InChI is InChI=1S/C42H49NO13/c1-14(2)10-21-25-17(5)16(4)12-20-11-15(3)8-9-22(44)28-23-24(30(47)38(20,25)36(51)43-21)32-39-19(7)27(45)31(48)42(53,56-28)41(39,33(23)55-32)40(52)29(46)18(6)26-34(49)54-13-37(26,39)35(40)50/h11-12,14,17,20-25,28,32-34,44-45,49,52-53H,8-10,13H2,1-7H3,(H,43,51)/b15-11-/t17-,20+,21+,22-,23-,24-,25+,28-,32+,33-,34+,37+,38+,39-,40+,41+,42-/m1/s1. The highest BCUT2D eigenvalue weighted by atomic mass is 16.7. The van der Waals surface area contributed by atoms with E-state index in [-0.39, 0.29) is 41.4 Å². The fourth-order valence-electron chi connectivity index (χ4n) is 15.0. The van der Waals surface area contributed by atoms with Gasteiger partial charge >= 0.3 is 0 Å². The van der Waals surface area contributed by atoms with Crippen LogP contribution in [0.3, 0.4) is 0 Å². The summed E-state index contributed by atoms with van der Waals surface area (Å²) in [6.07, 6.45) is -3.43. The molecule has 1 amide bonds. The van der Waals surface area contributed by atoms with Crippen LogP contribution in [0, 0.1) is 57.2 Å². The second-order valence-electron chi connectivity index (χ2n) is 19.0. The summed E-state index contributed by atoms with van der Waals surface area (Å²) in [5.74, 6) is -13.4. The van der Waals surface area contributed by atoms with Crippen molar-refractivity contribution in [1.29, 1.82) is 0 Å². The molecule has 10 rings (SSSR count). The number of hydrogen-bond donors (Lipinski definition) is 6. The van der Waals surface area contributed by atoms with Gasteiger partial charge in [0.2, 0.25) is 17.3 Å². The number of ketones is 4. The van der Waals surface area contributed by atoms with E-state index in [0.29, 0.717) is 6.42 Å². The highest BCUT2D eigenvalue weighted by Crippen LogP contribution is 2.89. The molecule has 6 fully saturated rings. The third-order valence-corrected chi connectivity index (χ3v) is 16.7. The summed E-state index contributed by atoms with van der Waals surface area (Å²) < 4.78 is 19.2. The minimum absolute atomic E-state index is 0.0202. The zero-order valence-electron chi connectivity index (χ0n) is 32.4. The lowest BCUT2D eigenvalue weighted by Crippen LogP contribution is -2.84. The van der Waals surface area contributed by atoms with Crippen LogP contribution < -0.4 is 5.32 Å². The number of Topliss-reactive ketones (excluding diaryl/α,β-unsaturated/α-hetero) is 4. The Morgan fingerprint density at radius 2 is 1.68 bits per heavy atom. The first-order valence-electron chi connectivity index (χ1n) is 19.9. The van der Waals surface area contributed by atoms with Crippen molar-refractivity contribution in [3.05, 3.63) is 45.8 Å². The average molecular weight is 776 g/mol. The number of fused-ring (bicyclic) bond motifs is 3. The fraction of sp³-hybridized carbons (Fsp3) is 0.690. The summed E-state index contributed by atoms with van der Waals surface area (Å²) in [4.78, 5) is 76.3. The second kappa shape index (κ2) is 10.6. The number of carbonyl (C=O) groups is 5. The average Bonchev–Trinajstić information content (AvgIpc) is 3.89. The number of aliphatic hydroxyl groups excluding tert-OH is 3. The third-order valence-electron chi connectivity index (χ3n) is 16.7. The van der Waals surface area contributed by atoms with E-state index in [1.54, 1.807) is 0 Å². The lowest BCUT2D eigenvalue weighted by molar-refractivity contribution is -0.379. The molecule has 300 valence electrons. The molecule has 10 aliphatic rings. The van der Waals surface area contributed by atoms with Crippen LogP contribution in [0.2, 0.25) is 0 Å². The molecule has 5 aliphatic carbocycles. The van der Waals surface area contributed by atoms with E-state index in [1.165, 1.54) is 13.8 Å². The first-order valence-corrected chi connectivity index (χ1v) is 19.9. The van der Waals surface area contributed by atoms with Gasteiger partial charge in [-0.15, -0.1) is 0 Å². The number of ether oxygens (including phenoxy) is 3. The predicted molar refractivity (Wildman–Crippen MR) is 190 cm³/mol. The zero-order valence-corrected chi connectivity index (χ0v) is 32.4. The van der Waals surface area contributed by atoms with Crippen LogP contribution in [0.1, 0.15) is 67.7 Å². The Kier molecular flexibility index (Phi) is 7.01. The summed E-state index contributed by atoms with van der Waals surface area (Å²) in [5.41, 5.74) is -11.2. The van der Waals surface area contributed by atoms with Crippen molar-refractivity contribution >= 4 is 29.0 Å². The molecule has 17 atom stereocenters. The molecular weight excluding hydrogens is 726 g/mol. The molecule has 14 heteroatoms. The minimum atomic E-state index is -3.36. The Bertz CT molecular complexity index is 2130. The van der Waals surface area contributed by atoms with Crippen LogP contribution in [0.4, 0.5) is 0 Å². The zero-order chi connectivity index (χ0) is 40.4.